The molecule has 0 radical (unpaired) electrons. The smallest absolute Gasteiger partial charge is 0.254 e. The highest BCUT2D eigenvalue weighted by Gasteiger charge is 2.23. The Kier molecular flexibility index (Phi) is 4.72. The summed E-state index contributed by atoms with van der Waals surface area (Å²) in [6, 6.07) is 7.13. The SMILES string of the molecule is Cc1cc(CN(Cc2nn(C)cc2Cl)C(=O)c2ccc3c(c2)OCO3)nn1C. The molecule has 1 amide bonds. The van der Waals surface area contributed by atoms with Crippen LogP contribution in [0.15, 0.2) is 30.5 Å². The molecule has 0 unspecified atom stereocenters. The quantitative estimate of drug-likeness (QED) is 0.657. The van der Waals surface area contributed by atoms with E-state index in [0.29, 0.717) is 34.3 Å². The van der Waals surface area contributed by atoms with E-state index in [2.05, 4.69) is 10.2 Å². The van der Waals surface area contributed by atoms with Crippen molar-refractivity contribution in [3.8, 4) is 11.5 Å². The van der Waals surface area contributed by atoms with Gasteiger partial charge in [-0.25, -0.2) is 0 Å². The van der Waals surface area contributed by atoms with Gasteiger partial charge in [0.1, 0.15) is 5.69 Å². The molecule has 4 rings (SSSR count). The summed E-state index contributed by atoms with van der Waals surface area (Å²) in [7, 11) is 3.67. The van der Waals surface area contributed by atoms with Crippen LogP contribution < -0.4 is 9.47 Å². The summed E-state index contributed by atoms with van der Waals surface area (Å²) in [5.74, 6) is 1.04. The normalized spacial score (nSPS) is 12.4. The minimum absolute atomic E-state index is 0.160. The number of aromatic nitrogens is 4. The van der Waals surface area contributed by atoms with E-state index in [1.54, 1.807) is 45.7 Å². The van der Waals surface area contributed by atoms with Crippen LogP contribution in [-0.4, -0.2) is 37.2 Å². The zero-order chi connectivity index (χ0) is 19.8. The van der Waals surface area contributed by atoms with Gasteiger partial charge >= 0.3 is 0 Å². The molecule has 9 heteroatoms. The molecule has 8 nitrogen and oxygen atoms in total. The molecular formula is C19H20ClN5O3. The van der Waals surface area contributed by atoms with Crippen molar-refractivity contribution in [1.82, 2.24) is 24.5 Å². The van der Waals surface area contributed by atoms with Gasteiger partial charge in [0.25, 0.3) is 5.91 Å². The number of rotatable bonds is 5. The first-order valence-electron chi connectivity index (χ1n) is 8.77. The Morgan fingerprint density at radius 1 is 1.18 bits per heavy atom. The number of ether oxygens (including phenoxy) is 2. The van der Waals surface area contributed by atoms with Crippen LogP contribution in [-0.2, 0) is 27.2 Å². The lowest BCUT2D eigenvalue weighted by Crippen LogP contribution is -2.30. The molecule has 0 N–H and O–H groups in total. The second-order valence-electron chi connectivity index (χ2n) is 6.73. The van der Waals surface area contributed by atoms with Crippen LogP contribution in [0.1, 0.15) is 27.4 Å². The molecule has 0 bridgehead atoms. The fourth-order valence-electron chi connectivity index (χ4n) is 3.11. The van der Waals surface area contributed by atoms with Crippen LogP contribution in [0, 0.1) is 6.92 Å². The largest absolute Gasteiger partial charge is 0.454 e. The van der Waals surface area contributed by atoms with Gasteiger partial charge in [-0.1, -0.05) is 11.6 Å². The molecule has 28 heavy (non-hydrogen) atoms. The number of benzene rings is 1. The summed E-state index contributed by atoms with van der Waals surface area (Å²) in [5, 5.41) is 9.36. The van der Waals surface area contributed by atoms with Crippen LogP contribution >= 0.6 is 11.6 Å². The Bertz CT molecular complexity index is 1020. The monoisotopic (exact) mass is 401 g/mol. The standard InChI is InChI=1S/C19H20ClN5O3/c1-12-6-14(21-24(12)3)8-25(10-16-15(20)9-23(2)22-16)19(26)13-4-5-17-18(7-13)28-11-27-17/h4-7,9H,8,10-11H2,1-3H3. The van der Waals surface area contributed by atoms with Crippen LogP contribution in [0.5, 0.6) is 11.5 Å². The van der Waals surface area contributed by atoms with Crippen molar-refractivity contribution in [2.45, 2.75) is 20.0 Å². The number of amides is 1. The van der Waals surface area contributed by atoms with Gasteiger partial charge < -0.3 is 14.4 Å². The van der Waals surface area contributed by atoms with Gasteiger partial charge in [0, 0.05) is 31.5 Å². The number of halogens is 1. The summed E-state index contributed by atoms with van der Waals surface area (Å²) < 4.78 is 14.1. The second-order valence-corrected chi connectivity index (χ2v) is 7.13. The lowest BCUT2D eigenvalue weighted by atomic mass is 10.1. The molecule has 1 aliphatic rings. The van der Waals surface area contributed by atoms with E-state index in [0.717, 1.165) is 11.4 Å². The third kappa shape index (κ3) is 3.55. The highest BCUT2D eigenvalue weighted by atomic mass is 35.5. The van der Waals surface area contributed by atoms with Crippen LogP contribution in [0.25, 0.3) is 0 Å². The van der Waals surface area contributed by atoms with Gasteiger partial charge in [-0.2, -0.15) is 10.2 Å². The molecule has 3 heterocycles. The number of nitrogens with zero attached hydrogens (tertiary/aromatic N) is 5. The van der Waals surface area contributed by atoms with Gasteiger partial charge in [-0.15, -0.1) is 0 Å². The number of fused-ring (bicyclic) bond motifs is 1. The maximum atomic E-state index is 13.3. The molecule has 0 saturated heterocycles. The maximum Gasteiger partial charge on any atom is 0.254 e. The van der Waals surface area contributed by atoms with Crippen molar-refractivity contribution in [3.05, 3.63) is 58.1 Å². The zero-order valence-electron chi connectivity index (χ0n) is 15.8. The molecule has 1 aromatic carbocycles. The Morgan fingerprint density at radius 3 is 2.64 bits per heavy atom. The van der Waals surface area contributed by atoms with E-state index < -0.39 is 0 Å². The molecule has 146 valence electrons. The number of carbonyl (C=O) groups excluding carboxylic acids is 1. The Balaban J connectivity index is 1.64. The molecule has 0 fully saturated rings. The van der Waals surface area contributed by atoms with Crippen LogP contribution in [0.3, 0.4) is 0 Å². The number of aryl methyl sites for hydroxylation is 3. The summed E-state index contributed by atoms with van der Waals surface area (Å²) in [6.07, 6.45) is 1.71. The zero-order valence-corrected chi connectivity index (χ0v) is 16.6. The molecule has 3 aromatic rings. The first-order chi connectivity index (χ1) is 13.4. The van der Waals surface area contributed by atoms with Gasteiger partial charge in [-0.05, 0) is 31.2 Å². The molecule has 0 aliphatic carbocycles. The van der Waals surface area contributed by atoms with Gasteiger partial charge in [0.2, 0.25) is 6.79 Å². The van der Waals surface area contributed by atoms with Crippen molar-refractivity contribution in [2.24, 2.45) is 14.1 Å². The molecular weight excluding hydrogens is 382 g/mol. The van der Waals surface area contributed by atoms with E-state index >= 15 is 0 Å². The van der Waals surface area contributed by atoms with E-state index in [-0.39, 0.29) is 19.2 Å². The van der Waals surface area contributed by atoms with Crippen LogP contribution in [0.4, 0.5) is 0 Å². The summed E-state index contributed by atoms with van der Waals surface area (Å²) in [6.45, 7) is 2.73. The van der Waals surface area contributed by atoms with Crippen LogP contribution in [0.2, 0.25) is 5.02 Å². The summed E-state index contributed by atoms with van der Waals surface area (Å²) >= 11 is 6.27. The third-order valence-electron chi connectivity index (χ3n) is 4.62. The Labute approximate surface area is 167 Å². The first-order valence-corrected chi connectivity index (χ1v) is 9.15. The number of hydrogen-bond donors (Lipinski definition) is 0. The van der Waals surface area contributed by atoms with Gasteiger partial charge in [-0.3, -0.25) is 14.2 Å². The fraction of sp³-hybridized carbons (Fsp3) is 0.316. The third-order valence-corrected chi connectivity index (χ3v) is 4.93. The van der Waals surface area contributed by atoms with Crippen molar-refractivity contribution < 1.29 is 14.3 Å². The molecule has 1 aliphatic heterocycles. The predicted molar refractivity (Wildman–Crippen MR) is 102 cm³/mol. The van der Waals surface area contributed by atoms with Crippen molar-refractivity contribution in [2.75, 3.05) is 6.79 Å². The lowest BCUT2D eigenvalue weighted by Gasteiger charge is -2.21. The summed E-state index contributed by atoms with van der Waals surface area (Å²) in [5.41, 5.74) is 2.94. The minimum Gasteiger partial charge on any atom is -0.454 e. The minimum atomic E-state index is -0.164. The number of carbonyl (C=O) groups is 1. The average Bonchev–Trinajstić information content (AvgIpc) is 3.33. The second kappa shape index (κ2) is 7.20. The highest BCUT2D eigenvalue weighted by Crippen LogP contribution is 2.33. The highest BCUT2D eigenvalue weighted by molar-refractivity contribution is 6.31. The maximum absolute atomic E-state index is 13.3. The topological polar surface area (TPSA) is 74.4 Å². The Morgan fingerprint density at radius 2 is 1.96 bits per heavy atom. The van der Waals surface area contributed by atoms with Crippen molar-refractivity contribution in [1.29, 1.82) is 0 Å². The Hall–Kier alpha value is -3.00. The lowest BCUT2D eigenvalue weighted by molar-refractivity contribution is 0.0724. The molecule has 2 aromatic heterocycles. The first kappa shape index (κ1) is 18.4. The predicted octanol–water partition coefficient (Wildman–Crippen LogP) is 2.69. The fourth-order valence-corrected chi connectivity index (χ4v) is 3.35. The molecule has 0 spiro atoms. The van der Waals surface area contributed by atoms with Crippen molar-refractivity contribution >= 4 is 17.5 Å². The van der Waals surface area contributed by atoms with Gasteiger partial charge in [0.05, 0.1) is 23.8 Å². The van der Waals surface area contributed by atoms with E-state index in [4.69, 9.17) is 21.1 Å². The molecule has 0 saturated carbocycles. The average molecular weight is 402 g/mol. The molecule has 0 atom stereocenters. The number of hydrogen-bond acceptors (Lipinski definition) is 5. The van der Waals surface area contributed by atoms with Gasteiger partial charge in [0.15, 0.2) is 11.5 Å². The van der Waals surface area contributed by atoms with Crippen molar-refractivity contribution in [3.63, 3.8) is 0 Å². The van der Waals surface area contributed by atoms with E-state index in [9.17, 15) is 4.79 Å². The van der Waals surface area contributed by atoms with E-state index in [1.165, 1.54) is 0 Å². The van der Waals surface area contributed by atoms with E-state index in [1.807, 2.05) is 20.0 Å². The summed E-state index contributed by atoms with van der Waals surface area (Å²) in [4.78, 5) is 15.0.